The number of aldehydes is 1. The number of carbonyl (C=O) groups is 2. The molecule has 0 aromatic heterocycles. The van der Waals surface area contributed by atoms with E-state index in [1.807, 2.05) is 4.90 Å². The summed E-state index contributed by atoms with van der Waals surface area (Å²) < 4.78 is 0. The van der Waals surface area contributed by atoms with Gasteiger partial charge in [0.2, 0.25) is 0 Å². The third-order valence-electron chi connectivity index (χ3n) is 3.25. The number of hydrogen-bond acceptors (Lipinski definition) is 5. The first-order valence-corrected chi connectivity index (χ1v) is 5.99. The monoisotopic (exact) mass is 279 g/mol. The largest absolute Gasteiger partial charge is 0.465 e. The lowest BCUT2D eigenvalue weighted by atomic mass is 10.1. The van der Waals surface area contributed by atoms with E-state index < -0.39 is 11.0 Å². The van der Waals surface area contributed by atoms with E-state index in [9.17, 15) is 19.7 Å². The highest BCUT2D eigenvalue weighted by Crippen LogP contribution is 2.24. The number of amides is 1. The summed E-state index contributed by atoms with van der Waals surface area (Å²) in [5.41, 5.74) is 0.476. The van der Waals surface area contributed by atoms with Gasteiger partial charge < -0.3 is 14.9 Å². The smallest absolute Gasteiger partial charge is 0.407 e. The van der Waals surface area contributed by atoms with Gasteiger partial charge in [-0.15, -0.1) is 0 Å². The lowest BCUT2D eigenvalue weighted by molar-refractivity contribution is -0.385. The summed E-state index contributed by atoms with van der Waals surface area (Å²) in [6.45, 7) is 1.70. The van der Waals surface area contributed by atoms with E-state index in [-0.39, 0.29) is 11.3 Å². The van der Waals surface area contributed by atoms with Crippen molar-refractivity contribution in [1.82, 2.24) is 4.90 Å². The number of hydrogen-bond donors (Lipinski definition) is 1. The van der Waals surface area contributed by atoms with Crippen molar-refractivity contribution in [3.8, 4) is 0 Å². The molecule has 0 spiro atoms. The Bertz CT molecular complexity index is 552. The number of nitrogens with zero attached hydrogens (tertiary/aromatic N) is 3. The minimum absolute atomic E-state index is 0.0214. The molecule has 0 atom stereocenters. The van der Waals surface area contributed by atoms with Gasteiger partial charge in [-0.05, 0) is 12.1 Å². The van der Waals surface area contributed by atoms with Crippen LogP contribution in [0.15, 0.2) is 18.2 Å². The topological polar surface area (TPSA) is 104 Å². The van der Waals surface area contributed by atoms with E-state index in [2.05, 4.69) is 0 Å². The number of nitro groups is 1. The lowest BCUT2D eigenvalue weighted by Crippen LogP contribution is -2.48. The van der Waals surface area contributed by atoms with Crippen molar-refractivity contribution < 1.29 is 19.6 Å². The molecule has 0 bridgehead atoms. The maximum absolute atomic E-state index is 10.9. The van der Waals surface area contributed by atoms with Gasteiger partial charge in [0.1, 0.15) is 0 Å². The number of benzene rings is 1. The van der Waals surface area contributed by atoms with Gasteiger partial charge >= 0.3 is 6.09 Å². The van der Waals surface area contributed by atoms with E-state index in [4.69, 9.17) is 5.11 Å². The van der Waals surface area contributed by atoms with E-state index in [1.165, 1.54) is 17.0 Å². The minimum Gasteiger partial charge on any atom is -0.465 e. The molecule has 106 valence electrons. The van der Waals surface area contributed by atoms with Crippen molar-refractivity contribution >= 4 is 23.8 Å². The molecule has 1 fully saturated rings. The summed E-state index contributed by atoms with van der Waals surface area (Å²) in [5, 5.41) is 19.6. The fraction of sp³-hybridized carbons (Fsp3) is 0.333. The molecule has 1 amide bonds. The van der Waals surface area contributed by atoms with Crippen molar-refractivity contribution in [1.29, 1.82) is 0 Å². The first-order valence-electron chi connectivity index (χ1n) is 5.99. The predicted molar refractivity (Wildman–Crippen MR) is 70.3 cm³/mol. The highest BCUT2D eigenvalue weighted by molar-refractivity contribution is 5.83. The summed E-state index contributed by atoms with van der Waals surface area (Å²) in [6, 6.07) is 4.33. The van der Waals surface area contributed by atoms with Crippen LogP contribution in [0.2, 0.25) is 0 Å². The Hall–Kier alpha value is -2.64. The summed E-state index contributed by atoms with van der Waals surface area (Å²) in [5.74, 6) is 0. The molecule has 2 rings (SSSR count). The Morgan fingerprint density at radius 3 is 2.45 bits per heavy atom. The average Bonchev–Trinajstić information content (AvgIpc) is 2.46. The molecule has 1 heterocycles. The summed E-state index contributed by atoms with van der Waals surface area (Å²) >= 11 is 0. The maximum atomic E-state index is 10.9. The van der Waals surface area contributed by atoms with Crippen LogP contribution in [0.3, 0.4) is 0 Å². The first-order chi connectivity index (χ1) is 9.52. The molecule has 0 radical (unpaired) electrons. The van der Waals surface area contributed by atoms with E-state index in [1.54, 1.807) is 6.07 Å². The Labute approximate surface area is 114 Å². The van der Waals surface area contributed by atoms with Crippen molar-refractivity contribution in [2.45, 2.75) is 0 Å². The van der Waals surface area contributed by atoms with Crippen LogP contribution in [-0.4, -0.2) is 53.5 Å². The predicted octanol–water partition coefficient (Wildman–Crippen LogP) is 1.21. The van der Waals surface area contributed by atoms with Crippen LogP contribution in [0.5, 0.6) is 0 Å². The van der Waals surface area contributed by atoms with Crippen LogP contribution < -0.4 is 4.90 Å². The van der Waals surface area contributed by atoms with Gasteiger partial charge in [0.15, 0.2) is 6.29 Å². The van der Waals surface area contributed by atoms with Crippen molar-refractivity contribution in [3.05, 3.63) is 33.9 Å². The van der Waals surface area contributed by atoms with Crippen LogP contribution in [0.1, 0.15) is 10.4 Å². The summed E-state index contributed by atoms with van der Waals surface area (Å²) in [4.78, 5) is 35.1. The van der Waals surface area contributed by atoms with Gasteiger partial charge in [0, 0.05) is 37.9 Å². The van der Waals surface area contributed by atoms with Crippen LogP contribution in [0.25, 0.3) is 0 Å². The zero-order valence-corrected chi connectivity index (χ0v) is 10.6. The second-order valence-electron chi connectivity index (χ2n) is 4.37. The molecular formula is C12H13N3O5. The average molecular weight is 279 g/mol. The first kappa shape index (κ1) is 13.8. The molecule has 1 saturated heterocycles. The van der Waals surface area contributed by atoms with Crippen molar-refractivity contribution in [3.63, 3.8) is 0 Å². The number of nitro benzene ring substituents is 1. The number of carboxylic acid groups (broad SMARTS) is 1. The number of anilines is 1. The molecule has 8 heteroatoms. The molecule has 1 aliphatic heterocycles. The standard InChI is InChI=1S/C12H13N3O5/c16-8-9-7-10(1-2-11(9)15(19)20)13-3-5-14(6-4-13)12(17)18/h1-2,7-8H,3-6H2,(H,17,18). The SMILES string of the molecule is O=Cc1cc(N2CCN(C(=O)O)CC2)ccc1[N+](=O)[O-]. The van der Waals surface area contributed by atoms with E-state index in [0.29, 0.717) is 38.2 Å². The molecule has 1 N–H and O–H groups in total. The maximum Gasteiger partial charge on any atom is 0.407 e. The van der Waals surface area contributed by atoms with Crippen molar-refractivity contribution in [2.75, 3.05) is 31.1 Å². The second kappa shape index (κ2) is 5.55. The molecule has 1 aliphatic rings. The highest BCUT2D eigenvalue weighted by Gasteiger charge is 2.22. The van der Waals surface area contributed by atoms with Crippen LogP contribution in [-0.2, 0) is 0 Å². The minimum atomic E-state index is -0.957. The Balaban J connectivity index is 2.16. The van der Waals surface area contributed by atoms with E-state index in [0.717, 1.165) is 0 Å². The quantitative estimate of drug-likeness (QED) is 0.506. The van der Waals surface area contributed by atoms with Crippen LogP contribution in [0.4, 0.5) is 16.2 Å². The van der Waals surface area contributed by atoms with Crippen LogP contribution >= 0.6 is 0 Å². The molecule has 0 saturated carbocycles. The molecule has 0 aliphatic carbocycles. The van der Waals surface area contributed by atoms with Gasteiger partial charge in [-0.25, -0.2) is 4.79 Å². The fourth-order valence-corrected chi connectivity index (χ4v) is 2.16. The Morgan fingerprint density at radius 1 is 1.30 bits per heavy atom. The lowest BCUT2D eigenvalue weighted by Gasteiger charge is -2.34. The van der Waals surface area contributed by atoms with Gasteiger partial charge in [0.25, 0.3) is 5.69 Å². The summed E-state index contributed by atoms with van der Waals surface area (Å²) in [7, 11) is 0. The highest BCUT2D eigenvalue weighted by atomic mass is 16.6. The third kappa shape index (κ3) is 2.68. The van der Waals surface area contributed by atoms with Gasteiger partial charge in [-0.3, -0.25) is 14.9 Å². The molecule has 0 unspecified atom stereocenters. The zero-order chi connectivity index (χ0) is 14.7. The molecule has 1 aromatic rings. The van der Waals surface area contributed by atoms with Crippen molar-refractivity contribution in [2.24, 2.45) is 0 Å². The molecule has 20 heavy (non-hydrogen) atoms. The number of rotatable bonds is 3. The van der Waals surface area contributed by atoms with E-state index >= 15 is 0 Å². The number of piperazine rings is 1. The van der Waals surface area contributed by atoms with Crippen LogP contribution in [0, 0.1) is 10.1 Å². The molecule has 1 aromatic carbocycles. The Morgan fingerprint density at radius 2 is 1.95 bits per heavy atom. The Kier molecular flexibility index (Phi) is 3.83. The zero-order valence-electron chi connectivity index (χ0n) is 10.6. The summed E-state index contributed by atoms with van der Waals surface area (Å²) in [6.07, 6.45) is -0.503. The van der Waals surface area contributed by atoms with Gasteiger partial charge in [-0.2, -0.15) is 0 Å². The molecular weight excluding hydrogens is 266 g/mol. The van der Waals surface area contributed by atoms with Gasteiger partial charge in [-0.1, -0.05) is 0 Å². The number of carbonyl (C=O) groups excluding carboxylic acids is 1. The fourth-order valence-electron chi connectivity index (χ4n) is 2.16. The molecule has 8 nitrogen and oxygen atoms in total. The normalized spacial score (nSPS) is 15.0. The van der Waals surface area contributed by atoms with Gasteiger partial charge in [0.05, 0.1) is 10.5 Å². The second-order valence-corrected chi connectivity index (χ2v) is 4.37. The third-order valence-corrected chi connectivity index (χ3v) is 3.25.